The summed E-state index contributed by atoms with van der Waals surface area (Å²) in [7, 11) is 0. The predicted octanol–water partition coefficient (Wildman–Crippen LogP) is 1.17. The fraction of sp³-hybridized carbons (Fsp3) is 0.389. The molecule has 26 heavy (non-hydrogen) atoms. The molecule has 1 aliphatic rings. The Hall–Kier alpha value is -2.71. The Labute approximate surface area is 150 Å². The topological polar surface area (TPSA) is 116 Å². The first-order valence-electron chi connectivity index (χ1n) is 8.44. The molecule has 0 aliphatic carbocycles. The highest BCUT2D eigenvalue weighted by Gasteiger charge is 2.27. The lowest BCUT2D eigenvalue weighted by atomic mass is 10.1. The first kappa shape index (κ1) is 18.1. The monoisotopic (exact) mass is 359 g/mol. The quantitative estimate of drug-likeness (QED) is 0.729. The number of aromatic carboxylic acids is 1. The number of carboxylic acids is 1. The number of aliphatic hydroxyl groups excluding tert-OH is 2. The highest BCUT2D eigenvalue weighted by Crippen LogP contribution is 2.27. The number of piperidine rings is 1. The first-order chi connectivity index (χ1) is 12.5. The number of benzene rings is 1. The maximum absolute atomic E-state index is 11.5. The highest BCUT2D eigenvalue weighted by atomic mass is 16.5. The SMILES string of the molecule is CCOc1ccc(-c2ccnc(N3CC[C@@H](O)[C@H](O)C3)n2)cc1C(=O)O. The lowest BCUT2D eigenvalue weighted by molar-refractivity contribution is 0.00769. The van der Waals surface area contributed by atoms with E-state index in [9.17, 15) is 20.1 Å². The van der Waals surface area contributed by atoms with Crippen molar-refractivity contribution in [3.8, 4) is 17.0 Å². The van der Waals surface area contributed by atoms with Crippen molar-refractivity contribution in [1.82, 2.24) is 9.97 Å². The second-order valence-electron chi connectivity index (χ2n) is 6.06. The van der Waals surface area contributed by atoms with Crippen LogP contribution in [0.2, 0.25) is 0 Å². The fourth-order valence-electron chi connectivity index (χ4n) is 2.90. The van der Waals surface area contributed by atoms with Crippen LogP contribution in [0.25, 0.3) is 11.3 Å². The summed E-state index contributed by atoms with van der Waals surface area (Å²) >= 11 is 0. The molecule has 2 heterocycles. The minimum atomic E-state index is -1.07. The van der Waals surface area contributed by atoms with E-state index >= 15 is 0 Å². The molecular formula is C18H21N3O5. The number of rotatable bonds is 5. The normalized spacial score (nSPS) is 20.0. The van der Waals surface area contributed by atoms with Crippen LogP contribution in [0.4, 0.5) is 5.95 Å². The summed E-state index contributed by atoms with van der Waals surface area (Å²) in [5.41, 5.74) is 1.27. The molecule has 138 valence electrons. The van der Waals surface area contributed by atoms with Gasteiger partial charge in [0.15, 0.2) is 0 Å². The van der Waals surface area contributed by atoms with Crippen molar-refractivity contribution >= 4 is 11.9 Å². The predicted molar refractivity (Wildman–Crippen MR) is 94.4 cm³/mol. The number of carboxylic acid groups (broad SMARTS) is 1. The van der Waals surface area contributed by atoms with Crippen LogP contribution in [0.1, 0.15) is 23.7 Å². The molecule has 0 spiro atoms. The Kier molecular flexibility index (Phi) is 5.34. The number of β-amino-alcohol motifs (C(OH)–C–C–N with tert-alkyl or cyclic N) is 1. The Morgan fingerprint density at radius 1 is 1.31 bits per heavy atom. The molecule has 0 saturated carbocycles. The number of ether oxygens (including phenoxy) is 1. The van der Waals surface area contributed by atoms with Gasteiger partial charge in [0.25, 0.3) is 0 Å². The zero-order valence-electron chi connectivity index (χ0n) is 14.4. The maximum Gasteiger partial charge on any atom is 0.339 e. The van der Waals surface area contributed by atoms with Crippen LogP contribution in [0.5, 0.6) is 5.75 Å². The van der Waals surface area contributed by atoms with Gasteiger partial charge < -0.3 is 25.0 Å². The zero-order valence-corrected chi connectivity index (χ0v) is 14.4. The van der Waals surface area contributed by atoms with Crippen LogP contribution < -0.4 is 9.64 Å². The average molecular weight is 359 g/mol. The first-order valence-corrected chi connectivity index (χ1v) is 8.44. The number of hydrogen-bond acceptors (Lipinski definition) is 7. The molecule has 0 unspecified atom stereocenters. The Morgan fingerprint density at radius 3 is 2.81 bits per heavy atom. The van der Waals surface area contributed by atoms with Gasteiger partial charge in [-0.1, -0.05) is 0 Å². The van der Waals surface area contributed by atoms with Crippen molar-refractivity contribution in [2.75, 3.05) is 24.6 Å². The smallest absolute Gasteiger partial charge is 0.339 e. The minimum absolute atomic E-state index is 0.0704. The second kappa shape index (κ2) is 7.67. The van der Waals surface area contributed by atoms with Gasteiger partial charge in [-0.05, 0) is 37.6 Å². The summed E-state index contributed by atoms with van der Waals surface area (Å²) in [6.07, 6.45) is 0.436. The van der Waals surface area contributed by atoms with Crippen LogP contribution >= 0.6 is 0 Å². The van der Waals surface area contributed by atoms with Crippen molar-refractivity contribution in [3.05, 3.63) is 36.0 Å². The van der Waals surface area contributed by atoms with E-state index in [1.54, 1.807) is 36.2 Å². The van der Waals surface area contributed by atoms with Gasteiger partial charge in [0, 0.05) is 24.8 Å². The van der Waals surface area contributed by atoms with Gasteiger partial charge in [0.1, 0.15) is 11.3 Å². The molecule has 1 aromatic carbocycles. The van der Waals surface area contributed by atoms with Crippen LogP contribution in [0, 0.1) is 0 Å². The van der Waals surface area contributed by atoms with E-state index in [4.69, 9.17) is 4.74 Å². The number of aromatic nitrogens is 2. The lowest BCUT2D eigenvalue weighted by Crippen LogP contribution is -2.47. The molecule has 8 nitrogen and oxygen atoms in total. The van der Waals surface area contributed by atoms with Gasteiger partial charge in [0.05, 0.1) is 24.5 Å². The Morgan fingerprint density at radius 2 is 2.12 bits per heavy atom. The molecule has 1 fully saturated rings. The van der Waals surface area contributed by atoms with Gasteiger partial charge in [0.2, 0.25) is 5.95 Å². The van der Waals surface area contributed by atoms with Crippen molar-refractivity contribution in [3.63, 3.8) is 0 Å². The summed E-state index contributed by atoms with van der Waals surface area (Å²) in [5.74, 6) is -0.330. The van der Waals surface area contributed by atoms with Crippen LogP contribution in [-0.2, 0) is 0 Å². The van der Waals surface area contributed by atoms with Gasteiger partial charge in [-0.3, -0.25) is 0 Å². The average Bonchev–Trinajstić information content (AvgIpc) is 2.64. The van der Waals surface area contributed by atoms with E-state index in [0.29, 0.717) is 42.5 Å². The third-order valence-corrected chi connectivity index (χ3v) is 4.28. The second-order valence-corrected chi connectivity index (χ2v) is 6.06. The van der Waals surface area contributed by atoms with Crippen LogP contribution in [0.15, 0.2) is 30.5 Å². The van der Waals surface area contributed by atoms with E-state index in [2.05, 4.69) is 9.97 Å². The van der Waals surface area contributed by atoms with E-state index < -0.39 is 18.2 Å². The van der Waals surface area contributed by atoms with Crippen LogP contribution in [0.3, 0.4) is 0 Å². The molecular weight excluding hydrogens is 338 g/mol. The highest BCUT2D eigenvalue weighted by molar-refractivity contribution is 5.92. The van der Waals surface area contributed by atoms with Crippen LogP contribution in [-0.4, -0.2) is 63.2 Å². The van der Waals surface area contributed by atoms with Crippen molar-refractivity contribution in [2.45, 2.75) is 25.6 Å². The molecule has 1 saturated heterocycles. The number of hydrogen-bond donors (Lipinski definition) is 3. The molecule has 1 aliphatic heterocycles. The molecule has 3 rings (SSSR count). The van der Waals surface area contributed by atoms with E-state index in [0.717, 1.165) is 0 Å². The Balaban J connectivity index is 1.90. The molecule has 0 radical (unpaired) electrons. The van der Waals surface area contributed by atoms with E-state index in [1.165, 1.54) is 6.07 Å². The molecule has 3 N–H and O–H groups in total. The van der Waals surface area contributed by atoms with E-state index in [-0.39, 0.29) is 12.1 Å². The molecule has 0 amide bonds. The number of aliphatic hydroxyl groups is 2. The van der Waals surface area contributed by atoms with Gasteiger partial charge in [-0.15, -0.1) is 0 Å². The van der Waals surface area contributed by atoms with Gasteiger partial charge in [-0.2, -0.15) is 0 Å². The number of anilines is 1. The molecule has 0 bridgehead atoms. The summed E-state index contributed by atoms with van der Waals surface area (Å²) in [6.45, 7) is 2.94. The van der Waals surface area contributed by atoms with Gasteiger partial charge in [-0.25, -0.2) is 14.8 Å². The Bertz CT molecular complexity index is 798. The summed E-state index contributed by atoms with van der Waals surface area (Å²) in [4.78, 5) is 22.0. The minimum Gasteiger partial charge on any atom is -0.493 e. The molecule has 2 aromatic rings. The van der Waals surface area contributed by atoms with Crippen molar-refractivity contribution < 1.29 is 24.9 Å². The lowest BCUT2D eigenvalue weighted by Gasteiger charge is -2.33. The fourth-order valence-corrected chi connectivity index (χ4v) is 2.90. The summed E-state index contributed by atoms with van der Waals surface area (Å²) < 4.78 is 5.36. The van der Waals surface area contributed by atoms with Gasteiger partial charge >= 0.3 is 5.97 Å². The molecule has 8 heteroatoms. The summed E-state index contributed by atoms with van der Waals surface area (Å²) in [5, 5.41) is 28.9. The number of carbonyl (C=O) groups is 1. The van der Waals surface area contributed by atoms with E-state index in [1.807, 2.05) is 0 Å². The number of nitrogens with zero attached hydrogens (tertiary/aromatic N) is 3. The maximum atomic E-state index is 11.5. The molecule has 2 atom stereocenters. The van der Waals surface area contributed by atoms with Crippen molar-refractivity contribution in [1.29, 1.82) is 0 Å². The summed E-state index contributed by atoms with van der Waals surface area (Å²) in [6, 6.07) is 6.58. The third-order valence-electron chi connectivity index (χ3n) is 4.28. The zero-order chi connectivity index (χ0) is 18.7. The largest absolute Gasteiger partial charge is 0.493 e. The third kappa shape index (κ3) is 3.76. The van der Waals surface area contributed by atoms with Crippen molar-refractivity contribution in [2.24, 2.45) is 0 Å². The molecule has 1 aromatic heterocycles. The standard InChI is InChI=1S/C18H21N3O5/c1-2-26-16-4-3-11(9-12(16)17(24)25)13-5-7-19-18(20-13)21-8-6-14(22)15(23)10-21/h3-5,7,9,14-15,22-23H,2,6,8,10H2,1H3,(H,24,25)/t14-,15-/m1/s1.